The summed E-state index contributed by atoms with van der Waals surface area (Å²) in [6.07, 6.45) is 2.50. The molecule has 0 heterocycles. The molecule has 0 spiro atoms. The van der Waals surface area contributed by atoms with Gasteiger partial charge >= 0.3 is 0 Å². The maximum absolute atomic E-state index is 5.21. The second-order valence-corrected chi connectivity index (χ2v) is 4.47. The number of benzene rings is 1. The number of oxime groups is 1. The molecule has 0 saturated heterocycles. The van der Waals surface area contributed by atoms with E-state index in [0.717, 1.165) is 5.71 Å². The third kappa shape index (κ3) is 2.43. The van der Waals surface area contributed by atoms with Crippen molar-refractivity contribution in [2.45, 2.75) is 33.6 Å². The molecule has 1 aromatic rings. The zero-order chi connectivity index (χ0) is 11.5. The Hall–Kier alpha value is -1.31. The molecule has 0 atom stereocenters. The Balaban J connectivity index is 2.27. The first-order valence-corrected chi connectivity index (χ1v) is 6.00. The lowest BCUT2D eigenvalue weighted by Crippen LogP contribution is -2.05. The zero-order valence-corrected chi connectivity index (χ0v) is 10.3. The van der Waals surface area contributed by atoms with Crippen molar-refractivity contribution in [2.75, 3.05) is 6.61 Å². The third-order valence-electron chi connectivity index (χ3n) is 3.06. The van der Waals surface area contributed by atoms with Gasteiger partial charge in [0.2, 0.25) is 0 Å². The van der Waals surface area contributed by atoms with Crippen molar-refractivity contribution < 1.29 is 4.84 Å². The van der Waals surface area contributed by atoms with E-state index in [2.05, 4.69) is 37.2 Å². The summed E-state index contributed by atoms with van der Waals surface area (Å²) in [7, 11) is 0. The summed E-state index contributed by atoms with van der Waals surface area (Å²) in [5.41, 5.74) is 5.00. The Morgan fingerprint density at radius 3 is 2.62 bits per heavy atom. The summed E-state index contributed by atoms with van der Waals surface area (Å²) in [4.78, 5) is 5.21. The Morgan fingerprint density at radius 2 is 2.06 bits per heavy atom. The minimum atomic E-state index is 0.619. The minimum Gasteiger partial charge on any atom is -0.396 e. The largest absolute Gasteiger partial charge is 0.396 e. The normalized spacial score (nSPS) is 16.3. The second-order valence-electron chi connectivity index (χ2n) is 4.47. The summed E-state index contributed by atoms with van der Waals surface area (Å²) in [6.45, 7) is 6.88. The molecule has 0 amide bonds. The van der Waals surface area contributed by atoms with Crippen molar-refractivity contribution in [1.82, 2.24) is 0 Å². The molecule has 1 aliphatic carbocycles. The number of nitrogens with zero attached hydrogens (tertiary/aromatic N) is 1. The van der Waals surface area contributed by atoms with E-state index < -0.39 is 0 Å². The van der Waals surface area contributed by atoms with Crippen LogP contribution in [-0.4, -0.2) is 12.3 Å². The van der Waals surface area contributed by atoms with Crippen LogP contribution in [-0.2, 0) is 4.84 Å². The van der Waals surface area contributed by atoms with Crippen molar-refractivity contribution in [3.8, 4) is 0 Å². The fraction of sp³-hybridized carbons (Fsp3) is 0.500. The molecular formula is C14H19NO. The third-order valence-corrected chi connectivity index (χ3v) is 3.06. The molecule has 0 unspecified atom stereocenters. The van der Waals surface area contributed by atoms with Crippen LogP contribution in [0.15, 0.2) is 23.4 Å². The number of hydrogen-bond acceptors (Lipinski definition) is 2. The van der Waals surface area contributed by atoms with Crippen LogP contribution in [0.3, 0.4) is 0 Å². The Labute approximate surface area is 97.3 Å². The van der Waals surface area contributed by atoms with Crippen LogP contribution in [0.25, 0.3) is 0 Å². The van der Waals surface area contributed by atoms with E-state index in [1.807, 2.05) is 6.92 Å². The fourth-order valence-electron chi connectivity index (χ4n) is 1.75. The molecule has 2 nitrogen and oxygen atoms in total. The van der Waals surface area contributed by atoms with E-state index in [0.29, 0.717) is 12.5 Å². The molecule has 0 aliphatic heterocycles. The van der Waals surface area contributed by atoms with Gasteiger partial charge in [0.25, 0.3) is 0 Å². The van der Waals surface area contributed by atoms with Gasteiger partial charge in [-0.2, -0.15) is 0 Å². The fourth-order valence-corrected chi connectivity index (χ4v) is 1.75. The predicted molar refractivity (Wildman–Crippen MR) is 66.8 cm³/mol. The molecule has 1 aromatic carbocycles. The van der Waals surface area contributed by atoms with E-state index >= 15 is 0 Å². The van der Waals surface area contributed by atoms with Gasteiger partial charge in [0.15, 0.2) is 0 Å². The van der Waals surface area contributed by atoms with Gasteiger partial charge in [0.05, 0.1) is 5.71 Å². The molecule has 1 aliphatic rings. The van der Waals surface area contributed by atoms with Crippen LogP contribution >= 0.6 is 0 Å². The van der Waals surface area contributed by atoms with Crippen molar-refractivity contribution in [3.63, 3.8) is 0 Å². The zero-order valence-electron chi connectivity index (χ0n) is 10.3. The molecule has 1 fully saturated rings. The summed E-state index contributed by atoms with van der Waals surface area (Å²) in [5, 5.41) is 4.26. The van der Waals surface area contributed by atoms with E-state index in [1.54, 1.807) is 0 Å². The molecule has 0 aromatic heterocycles. The standard InChI is InChI=1S/C14H19NO/c1-4-16-15-14(12-7-8-12)13-6-5-10(2)11(3)9-13/h5-6,9,12H,4,7-8H2,1-3H3/b15-14+. The van der Waals surface area contributed by atoms with E-state index in [9.17, 15) is 0 Å². The van der Waals surface area contributed by atoms with Gasteiger partial charge in [0.1, 0.15) is 6.61 Å². The van der Waals surface area contributed by atoms with Crippen LogP contribution in [0.4, 0.5) is 0 Å². The maximum atomic E-state index is 5.21. The average Bonchev–Trinajstić information content (AvgIpc) is 3.08. The molecule has 16 heavy (non-hydrogen) atoms. The first kappa shape index (κ1) is 11.2. The summed E-state index contributed by atoms with van der Waals surface area (Å²) in [6, 6.07) is 6.53. The van der Waals surface area contributed by atoms with Crippen molar-refractivity contribution in [1.29, 1.82) is 0 Å². The average molecular weight is 217 g/mol. The van der Waals surface area contributed by atoms with Crippen LogP contribution < -0.4 is 0 Å². The van der Waals surface area contributed by atoms with Crippen LogP contribution in [0.1, 0.15) is 36.5 Å². The van der Waals surface area contributed by atoms with Gasteiger partial charge in [-0.05, 0) is 56.4 Å². The van der Waals surface area contributed by atoms with E-state index in [4.69, 9.17) is 4.84 Å². The molecule has 86 valence electrons. The molecule has 0 radical (unpaired) electrons. The van der Waals surface area contributed by atoms with Gasteiger partial charge in [-0.1, -0.05) is 17.3 Å². The first-order chi connectivity index (χ1) is 7.72. The molecule has 1 saturated carbocycles. The molecule has 0 N–H and O–H groups in total. The van der Waals surface area contributed by atoms with Crippen LogP contribution in [0.5, 0.6) is 0 Å². The lowest BCUT2D eigenvalue weighted by Gasteiger charge is -2.07. The highest BCUT2D eigenvalue weighted by atomic mass is 16.6. The first-order valence-electron chi connectivity index (χ1n) is 6.00. The van der Waals surface area contributed by atoms with Gasteiger partial charge in [0, 0.05) is 5.92 Å². The van der Waals surface area contributed by atoms with E-state index in [1.165, 1.54) is 29.5 Å². The number of aryl methyl sites for hydroxylation is 2. The maximum Gasteiger partial charge on any atom is 0.114 e. The van der Waals surface area contributed by atoms with Crippen LogP contribution in [0.2, 0.25) is 0 Å². The molecule has 0 bridgehead atoms. The monoisotopic (exact) mass is 217 g/mol. The Bertz CT molecular complexity index is 405. The predicted octanol–water partition coefficient (Wildman–Crippen LogP) is 3.45. The van der Waals surface area contributed by atoms with Crippen LogP contribution in [0, 0.1) is 19.8 Å². The minimum absolute atomic E-state index is 0.619. The number of hydrogen-bond donors (Lipinski definition) is 0. The SMILES string of the molecule is CCO/N=C(/c1ccc(C)c(C)c1)C1CC1. The molecule has 2 rings (SSSR count). The van der Waals surface area contributed by atoms with Crippen molar-refractivity contribution in [2.24, 2.45) is 11.1 Å². The smallest absolute Gasteiger partial charge is 0.114 e. The van der Waals surface area contributed by atoms with Gasteiger partial charge < -0.3 is 4.84 Å². The highest BCUT2D eigenvalue weighted by Crippen LogP contribution is 2.33. The van der Waals surface area contributed by atoms with E-state index in [-0.39, 0.29) is 0 Å². The quantitative estimate of drug-likeness (QED) is 0.559. The highest BCUT2D eigenvalue weighted by Gasteiger charge is 2.29. The van der Waals surface area contributed by atoms with Gasteiger partial charge in [-0.25, -0.2) is 0 Å². The lowest BCUT2D eigenvalue weighted by molar-refractivity contribution is 0.158. The topological polar surface area (TPSA) is 21.6 Å². The summed E-state index contributed by atoms with van der Waals surface area (Å²) in [5.74, 6) is 0.619. The number of rotatable bonds is 4. The van der Waals surface area contributed by atoms with Crippen molar-refractivity contribution >= 4 is 5.71 Å². The molecule has 2 heteroatoms. The van der Waals surface area contributed by atoms with Crippen molar-refractivity contribution in [3.05, 3.63) is 34.9 Å². The lowest BCUT2D eigenvalue weighted by atomic mass is 10.0. The second kappa shape index (κ2) is 4.69. The Morgan fingerprint density at radius 1 is 1.31 bits per heavy atom. The molecular weight excluding hydrogens is 198 g/mol. The van der Waals surface area contributed by atoms with Gasteiger partial charge in [-0.3, -0.25) is 0 Å². The Kier molecular flexibility index (Phi) is 3.28. The van der Waals surface area contributed by atoms with Gasteiger partial charge in [-0.15, -0.1) is 0 Å². The summed E-state index contributed by atoms with van der Waals surface area (Å²) >= 11 is 0. The summed E-state index contributed by atoms with van der Waals surface area (Å²) < 4.78 is 0. The highest BCUT2D eigenvalue weighted by molar-refractivity contribution is 6.03.